The lowest BCUT2D eigenvalue weighted by Crippen LogP contribution is -2.36. The number of nitrogens with zero attached hydrogens (tertiary/aromatic N) is 1. The van der Waals surface area contributed by atoms with Gasteiger partial charge in [-0.1, -0.05) is 0 Å². The number of rotatable bonds is 4. The molecule has 0 aliphatic heterocycles. The maximum absolute atomic E-state index is 11.2. The summed E-state index contributed by atoms with van der Waals surface area (Å²) in [6.45, 7) is 3.29. The van der Waals surface area contributed by atoms with Gasteiger partial charge in [0, 0.05) is 19.6 Å². The molecule has 0 aromatic rings. The number of carbonyl (C=O) groups excluding carboxylic acids is 1. The van der Waals surface area contributed by atoms with Crippen molar-refractivity contribution in [1.29, 1.82) is 0 Å². The molecular weight excluding hydrogens is 140 g/mol. The maximum atomic E-state index is 11.2. The van der Waals surface area contributed by atoms with Crippen LogP contribution >= 0.6 is 0 Å². The molecule has 0 atom stereocenters. The predicted octanol–water partition coefficient (Wildman–Crippen LogP) is 0.217. The Morgan fingerprint density at radius 3 is 2.73 bits per heavy atom. The molecule has 1 saturated carbocycles. The molecule has 64 valence electrons. The highest BCUT2D eigenvalue weighted by atomic mass is 16.2. The zero-order chi connectivity index (χ0) is 8.27. The highest BCUT2D eigenvalue weighted by Gasteiger charge is 2.21. The fourth-order valence-corrected chi connectivity index (χ4v) is 0.830. The number of amides is 1. The summed E-state index contributed by atoms with van der Waals surface area (Å²) in [5.41, 5.74) is 0. The van der Waals surface area contributed by atoms with E-state index >= 15 is 0 Å². The summed E-state index contributed by atoms with van der Waals surface area (Å²) in [5.74, 6) is 0.194. The lowest BCUT2D eigenvalue weighted by atomic mass is 10.5. The van der Waals surface area contributed by atoms with Crippen molar-refractivity contribution in [2.45, 2.75) is 25.8 Å². The second-order valence-electron chi connectivity index (χ2n) is 3.06. The fourth-order valence-electron chi connectivity index (χ4n) is 0.830. The van der Waals surface area contributed by atoms with E-state index in [1.54, 1.807) is 4.90 Å². The lowest BCUT2D eigenvalue weighted by molar-refractivity contribution is -0.128. The quantitative estimate of drug-likeness (QED) is 0.631. The largest absolute Gasteiger partial charge is 0.345 e. The summed E-state index contributed by atoms with van der Waals surface area (Å²) < 4.78 is 0. The Hall–Kier alpha value is -0.570. The van der Waals surface area contributed by atoms with E-state index in [-0.39, 0.29) is 5.91 Å². The standard InChI is InChI=1S/C8H16N2O/c1-3-10(2)8(11)6-9-7-4-5-7/h7,9H,3-6H2,1-2H3. The van der Waals surface area contributed by atoms with Crippen molar-refractivity contribution < 1.29 is 4.79 Å². The molecule has 11 heavy (non-hydrogen) atoms. The van der Waals surface area contributed by atoms with Crippen molar-refractivity contribution >= 4 is 5.91 Å². The second kappa shape index (κ2) is 3.72. The fraction of sp³-hybridized carbons (Fsp3) is 0.875. The van der Waals surface area contributed by atoms with Gasteiger partial charge in [0.1, 0.15) is 0 Å². The molecule has 0 unspecified atom stereocenters. The first kappa shape index (κ1) is 8.53. The van der Waals surface area contributed by atoms with Crippen molar-refractivity contribution in [3.63, 3.8) is 0 Å². The average Bonchev–Trinajstić information content (AvgIpc) is 2.81. The van der Waals surface area contributed by atoms with E-state index in [0.717, 1.165) is 6.54 Å². The first-order valence-electron chi connectivity index (χ1n) is 4.21. The van der Waals surface area contributed by atoms with Crippen LogP contribution in [0, 0.1) is 0 Å². The number of hydrogen-bond donors (Lipinski definition) is 1. The molecule has 1 aliphatic rings. The average molecular weight is 156 g/mol. The molecule has 0 saturated heterocycles. The summed E-state index contributed by atoms with van der Waals surface area (Å²) in [6.07, 6.45) is 2.48. The summed E-state index contributed by atoms with van der Waals surface area (Å²) in [6, 6.07) is 0.629. The van der Waals surface area contributed by atoms with Crippen LogP contribution in [0.5, 0.6) is 0 Å². The first-order valence-corrected chi connectivity index (χ1v) is 4.21. The Kier molecular flexibility index (Phi) is 2.88. The molecule has 0 radical (unpaired) electrons. The predicted molar refractivity (Wildman–Crippen MR) is 44.3 cm³/mol. The second-order valence-corrected chi connectivity index (χ2v) is 3.06. The summed E-state index contributed by atoms with van der Waals surface area (Å²) in [7, 11) is 1.83. The van der Waals surface area contributed by atoms with Gasteiger partial charge in [-0.25, -0.2) is 0 Å². The maximum Gasteiger partial charge on any atom is 0.236 e. The molecule has 1 fully saturated rings. The number of nitrogens with one attached hydrogen (secondary N) is 1. The minimum Gasteiger partial charge on any atom is -0.345 e. The Morgan fingerprint density at radius 1 is 1.64 bits per heavy atom. The van der Waals surface area contributed by atoms with Gasteiger partial charge < -0.3 is 10.2 Å². The molecular formula is C8H16N2O. The van der Waals surface area contributed by atoms with Crippen LogP contribution in [0.2, 0.25) is 0 Å². The molecule has 1 rings (SSSR count). The summed E-state index contributed by atoms with van der Waals surface area (Å²) in [4.78, 5) is 12.9. The number of hydrogen-bond acceptors (Lipinski definition) is 2. The van der Waals surface area contributed by atoms with Gasteiger partial charge in [0.25, 0.3) is 0 Å². The first-order chi connectivity index (χ1) is 5.24. The van der Waals surface area contributed by atoms with E-state index in [1.807, 2.05) is 14.0 Å². The molecule has 0 spiro atoms. The zero-order valence-electron chi connectivity index (χ0n) is 7.26. The third-order valence-corrected chi connectivity index (χ3v) is 2.02. The van der Waals surface area contributed by atoms with Crippen LogP contribution in [0.4, 0.5) is 0 Å². The Labute approximate surface area is 67.8 Å². The van der Waals surface area contributed by atoms with Gasteiger partial charge in [0.2, 0.25) is 5.91 Å². The van der Waals surface area contributed by atoms with Crippen molar-refractivity contribution in [3.05, 3.63) is 0 Å². The minimum atomic E-state index is 0.194. The van der Waals surface area contributed by atoms with Gasteiger partial charge >= 0.3 is 0 Å². The number of likely N-dealkylation sites (N-methyl/N-ethyl adjacent to an activating group) is 1. The molecule has 0 aromatic carbocycles. The molecule has 0 aromatic heterocycles. The van der Waals surface area contributed by atoms with Crippen LogP contribution in [0.15, 0.2) is 0 Å². The minimum absolute atomic E-state index is 0.194. The highest BCUT2D eigenvalue weighted by molar-refractivity contribution is 5.77. The molecule has 0 heterocycles. The molecule has 0 bridgehead atoms. The van der Waals surface area contributed by atoms with Gasteiger partial charge in [0.15, 0.2) is 0 Å². The zero-order valence-corrected chi connectivity index (χ0v) is 7.26. The van der Waals surface area contributed by atoms with Crippen LogP contribution in [0.25, 0.3) is 0 Å². The Morgan fingerprint density at radius 2 is 2.27 bits per heavy atom. The van der Waals surface area contributed by atoms with Crippen LogP contribution in [-0.2, 0) is 4.79 Å². The van der Waals surface area contributed by atoms with Crippen LogP contribution in [0.1, 0.15) is 19.8 Å². The van der Waals surface area contributed by atoms with Crippen LogP contribution in [-0.4, -0.2) is 37.0 Å². The van der Waals surface area contributed by atoms with E-state index in [9.17, 15) is 4.79 Å². The van der Waals surface area contributed by atoms with Crippen molar-refractivity contribution in [2.75, 3.05) is 20.1 Å². The summed E-state index contributed by atoms with van der Waals surface area (Å²) >= 11 is 0. The van der Waals surface area contributed by atoms with Crippen molar-refractivity contribution in [3.8, 4) is 0 Å². The van der Waals surface area contributed by atoms with Gasteiger partial charge in [-0.3, -0.25) is 4.79 Å². The van der Waals surface area contributed by atoms with Gasteiger partial charge in [-0.05, 0) is 19.8 Å². The van der Waals surface area contributed by atoms with Crippen LogP contribution in [0.3, 0.4) is 0 Å². The van der Waals surface area contributed by atoms with E-state index in [0.29, 0.717) is 12.6 Å². The third-order valence-electron chi connectivity index (χ3n) is 2.02. The normalized spacial score (nSPS) is 16.5. The SMILES string of the molecule is CCN(C)C(=O)CNC1CC1. The summed E-state index contributed by atoms with van der Waals surface area (Å²) in [5, 5.41) is 3.18. The topological polar surface area (TPSA) is 32.3 Å². The molecule has 3 nitrogen and oxygen atoms in total. The highest BCUT2D eigenvalue weighted by Crippen LogP contribution is 2.17. The Bertz CT molecular complexity index is 143. The Balaban J connectivity index is 2.08. The molecule has 3 heteroatoms. The molecule has 1 N–H and O–H groups in total. The van der Waals surface area contributed by atoms with Gasteiger partial charge in [0.05, 0.1) is 6.54 Å². The van der Waals surface area contributed by atoms with Gasteiger partial charge in [-0.15, -0.1) is 0 Å². The number of carbonyl (C=O) groups is 1. The van der Waals surface area contributed by atoms with Crippen molar-refractivity contribution in [1.82, 2.24) is 10.2 Å². The smallest absolute Gasteiger partial charge is 0.236 e. The van der Waals surface area contributed by atoms with E-state index < -0.39 is 0 Å². The molecule has 1 amide bonds. The van der Waals surface area contributed by atoms with Gasteiger partial charge in [-0.2, -0.15) is 0 Å². The third kappa shape index (κ3) is 2.89. The van der Waals surface area contributed by atoms with E-state index in [1.165, 1.54) is 12.8 Å². The van der Waals surface area contributed by atoms with E-state index in [2.05, 4.69) is 5.32 Å². The van der Waals surface area contributed by atoms with Crippen LogP contribution < -0.4 is 5.32 Å². The van der Waals surface area contributed by atoms with Crippen molar-refractivity contribution in [2.24, 2.45) is 0 Å². The lowest BCUT2D eigenvalue weighted by Gasteiger charge is -2.14. The molecule has 1 aliphatic carbocycles. The van der Waals surface area contributed by atoms with E-state index in [4.69, 9.17) is 0 Å². The monoisotopic (exact) mass is 156 g/mol.